The minimum atomic E-state index is -1.04. The zero-order valence-corrected chi connectivity index (χ0v) is 10.6. The SMILES string of the molecule is CN(C(=O)c1cccc(F)n1)c1ccc(C(=O)O)cc1. The van der Waals surface area contributed by atoms with Crippen molar-refractivity contribution >= 4 is 17.6 Å². The van der Waals surface area contributed by atoms with Gasteiger partial charge in [0.15, 0.2) is 0 Å². The number of nitrogens with zero attached hydrogens (tertiary/aromatic N) is 2. The van der Waals surface area contributed by atoms with Crippen LogP contribution in [0.1, 0.15) is 20.8 Å². The molecule has 0 bridgehead atoms. The molecular weight excluding hydrogens is 263 g/mol. The molecule has 0 radical (unpaired) electrons. The number of benzene rings is 1. The third-order valence-corrected chi connectivity index (χ3v) is 2.74. The van der Waals surface area contributed by atoms with Gasteiger partial charge in [0.05, 0.1) is 5.56 Å². The lowest BCUT2D eigenvalue weighted by atomic mass is 10.2. The summed E-state index contributed by atoms with van der Waals surface area (Å²) >= 11 is 0. The average molecular weight is 274 g/mol. The second-order valence-corrected chi connectivity index (χ2v) is 4.06. The fourth-order valence-corrected chi connectivity index (χ4v) is 1.64. The number of carboxylic acid groups (broad SMARTS) is 1. The van der Waals surface area contributed by atoms with E-state index < -0.39 is 17.8 Å². The summed E-state index contributed by atoms with van der Waals surface area (Å²) in [6.45, 7) is 0. The maximum absolute atomic E-state index is 13.0. The van der Waals surface area contributed by atoms with Gasteiger partial charge in [-0.3, -0.25) is 4.79 Å². The molecule has 6 heteroatoms. The Hall–Kier alpha value is -2.76. The van der Waals surface area contributed by atoms with Crippen LogP contribution in [-0.4, -0.2) is 29.0 Å². The second-order valence-electron chi connectivity index (χ2n) is 4.06. The fraction of sp³-hybridized carbons (Fsp3) is 0.0714. The minimum absolute atomic E-state index is 0.0187. The molecule has 20 heavy (non-hydrogen) atoms. The van der Waals surface area contributed by atoms with Crippen molar-refractivity contribution in [2.24, 2.45) is 0 Å². The van der Waals surface area contributed by atoms with Crippen molar-refractivity contribution in [1.82, 2.24) is 4.98 Å². The smallest absolute Gasteiger partial charge is 0.335 e. The van der Waals surface area contributed by atoms with Crippen LogP contribution < -0.4 is 4.90 Å². The molecule has 102 valence electrons. The summed E-state index contributed by atoms with van der Waals surface area (Å²) in [5.74, 6) is -2.25. The van der Waals surface area contributed by atoms with Crippen molar-refractivity contribution in [2.75, 3.05) is 11.9 Å². The van der Waals surface area contributed by atoms with E-state index in [1.807, 2.05) is 0 Å². The van der Waals surface area contributed by atoms with Crippen LogP contribution in [0.4, 0.5) is 10.1 Å². The quantitative estimate of drug-likeness (QED) is 0.871. The molecule has 1 heterocycles. The van der Waals surface area contributed by atoms with E-state index in [-0.39, 0.29) is 11.3 Å². The third kappa shape index (κ3) is 2.80. The first-order chi connectivity index (χ1) is 9.49. The summed E-state index contributed by atoms with van der Waals surface area (Å²) in [6, 6.07) is 9.74. The Morgan fingerprint density at radius 2 is 1.80 bits per heavy atom. The minimum Gasteiger partial charge on any atom is -0.478 e. The first kappa shape index (κ1) is 13.7. The molecule has 0 fully saturated rings. The molecule has 2 rings (SSSR count). The predicted octanol–water partition coefficient (Wildman–Crippen LogP) is 2.20. The van der Waals surface area contributed by atoms with E-state index in [1.54, 1.807) is 0 Å². The lowest BCUT2D eigenvalue weighted by molar-refractivity contribution is 0.0696. The molecule has 0 aliphatic carbocycles. The van der Waals surface area contributed by atoms with Crippen LogP contribution in [0.2, 0.25) is 0 Å². The van der Waals surface area contributed by atoms with Gasteiger partial charge in [-0.15, -0.1) is 0 Å². The molecule has 1 amide bonds. The molecule has 0 spiro atoms. The third-order valence-electron chi connectivity index (χ3n) is 2.74. The Morgan fingerprint density at radius 1 is 1.15 bits per heavy atom. The molecule has 0 saturated carbocycles. The van der Waals surface area contributed by atoms with Gasteiger partial charge in [-0.1, -0.05) is 6.07 Å². The molecule has 0 atom stereocenters. The number of hydrogen-bond donors (Lipinski definition) is 1. The summed E-state index contributed by atoms with van der Waals surface area (Å²) in [7, 11) is 1.50. The summed E-state index contributed by atoms with van der Waals surface area (Å²) in [5, 5.41) is 8.80. The van der Waals surface area contributed by atoms with E-state index in [0.717, 1.165) is 6.07 Å². The predicted molar refractivity (Wildman–Crippen MR) is 70.3 cm³/mol. The lowest BCUT2D eigenvalue weighted by Gasteiger charge is -2.16. The van der Waals surface area contributed by atoms with Gasteiger partial charge in [0.1, 0.15) is 5.69 Å². The Bertz CT molecular complexity index is 656. The van der Waals surface area contributed by atoms with E-state index in [4.69, 9.17) is 5.11 Å². The van der Waals surface area contributed by atoms with Gasteiger partial charge >= 0.3 is 5.97 Å². The van der Waals surface area contributed by atoms with E-state index in [0.29, 0.717) is 5.69 Å². The highest BCUT2D eigenvalue weighted by Gasteiger charge is 2.15. The second kappa shape index (κ2) is 5.48. The molecule has 0 aliphatic heterocycles. The Labute approximate surface area is 114 Å². The van der Waals surface area contributed by atoms with E-state index in [9.17, 15) is 14.0 Å². The molecule has 5 nitrogen and oxygen atoms in total. The van der Waals surface area contributed by atoms with Gasteiger partial charge in [0, 0.05) is 12.7 Å². The highest BCUT2D eigenvalue weighted by Crippen LogP contribution is 2.16. The van der Waals surface area contributed by atoms with Crippen molar-refractivity contribution in [3.8, 4) is 0 Å². The van der Waals surface area contributed by atoms with E-state index in [1.165, 1.54) is 48.3 Å². The number of carbonyl (C=O) groups excluding carboxylic acids is 1. The molecule has 0 saturated heterocycles. The number of rotatable bonds is 3. The number of halogens is 1. The number of carbonyl (C=O) groups is 2. The topological polar surface area (TPSA) is 70.5 Å². The molecule has 1 aromatic carbocycles. The van der Waals surface area contributed by atoms with Crippen LogP contribution in [0.25, 0.3) is 0 Å². The Kier molecular flexibility index (Phi) is 3.74. The summed E-state index contributed by atoms with van der Waals surface area (Å²) in [5.41, 5.74) is 0.597. The largest absolute Gasteiger partial charge is 0.478 e. The molecule has 1 aromatic heterocycles. The molecule has 2 aromatic rings. The first-order valence-corrected chi connectivity index (χ1v) is 5.73. The van der Waals surface area contributed by atoms with Crippen LogP contribution in [0.3, 0.4) is 0 Å². The summed E-state index contributed by atoms with van der Waals surface area (Å²) < 4.78 is 13.0. The Balaban J connectivity index is 2.24. The zero-order chi connectivity index (χ0) is 14.7. The first-order valence-electron chi connectivity index (χ1n) is 5.73. The van der Waals surface area contributed by atoms with Gasteiger partial charge in [-0.05, 0) is 36.4 Å². The van der Waals surface area contributed by atoms with Crippen molar-refractivity contribution in [3.05, 3.63) is 59.7 Å². The van der Waals surface area contributed by atoms with Crippen LogP contribution in [-0.2, 0) is 0 Å². The standard InChI is InChI=1S/C14H11FN2O3/c1-17(10-7-5-9(6-8-10)14(19)20)13(18)11-3-2-4-12(15)16-11/h2-8H,1H3,(H,19,20). The number of pyridine rings is 1. The van der Waals surface area contributed by atoms with Gasteiger partial charge in [0.25, 0.3) is 5.91 Å². The van der Waals surface area contributed by atoms with Gasteiger partial charge < -0.3 is 10.0 Å². The Morgan fingerprint density at radius 3 is 2.35 bits per heavy atom. The van der Waals surface area contributed by atoms with Crippen molar-refractivity contribution in [3.63, 3.8) is 0 Å². The number of aromatic nitrogens is 1. The highest BCUT2D eigenvalue weighted by molar-refractivity contribution is 6.04. The van der Waals surface area contributed by atoms with E-state index in [2.05, 4.69) is 4.98 Å². The van der Waals surface area contributed by atoms with Crippen molar-refractivity contribution < 1.29 is 19.1 Å². The lowest BCUT2D eigenvalue weighted by Crippen LogP contribution is -2.27. The number of amides is 1. The molecule has 1 N–H and O–H groups in total. The normalized spacial score (nSPS) is 10.1. The number of carboxylic acids is 1. The van der Waals surface area contributed by atoms with Crippen LogP contribution in [0, 0.1) is 5.95 Å². The van der Waals surface area contributed by atoms with Gasteiger partial charge in [0.2, 0.25) is 5.95 Å². The number of hydrogen-bond acceptors (Lipinski definition) is 3. The van der Waals surface area contributed by atoms with Crippen molar-refractivity contribution in [1.29, 1.82) is 0 Å². The fourth-order valence-electron chi connectivity index (χ4n) is 1.64. The van der Waals surface area contributed by atoms with Crippen LogP contribution in [0.5, 0.6) is 0 Å². The van der Waals surface area contributed by atoms with Gasteiger partial charge in [-0.2, -0.15) is 4.39 Å². The molecule has 0 unspecified atom stereocenters. The van der Waals surface area contributed by atoms with Crippen LogP contribution >= 0.6 is 0 Å². The highest BCUT2D eigenvalue weighted by atomic mass is 19.1. The monoisotopic (exact) mass is 274 g/mol. The average Bonchev–Trinajstić information content (AvgIpc) is 2.46. The van der Waals surface area contributed by atoms with Crippen LogP contribution in [0.15, 0.2) is 42.5 Å². The maximum atomic E-state index is 13.0. The number of anilines is 1. The zero-order valence-electron chi connectivity index (χ0n) is 10.6. The van der Waals surface area contributed by atoms with Crippen molar-refractivity contribution in [2.45, 2.75) is 0 Å². The van der Waals surface area contributed by atoms with E-state index >= 15 is 0 Å². The molecule has 0 aliphatic rings. The van der Waals surface area contributed by atoms with Gasteiger partial charge in [-0.25, -0.2) is 9.78 Å². The maximum Gasteiger partial charge on any atom is 0.335 e. The molecular formula is C14H11FN2O3. The number of aromatic carboxylic acids is 1. The summed E-state index contributed by atoms with van der Waals surface area (Å²) in [6.07, 6.45) is 0. The summed E-state index contributed by atoms with van der Waals surface area (Å²) in [4.78, 5) is 27.6.